The van der Waals surface area contributed by atoms with Gasteiger partial charge in [0, 0.05) is 6.54 Å². The van der Waals surface area contributed by atoms with E-state index in [1.165, 1.54) is 24.0 Å². The van der Waals surface area contributed by atoms with Crippen molar-refractivity contribution in [3.8, 4) is 0 Å². The van der Waals surface area contributed by atoms with Gasteiger partial charge in [-0.05, 0) is 42.5 Å². The Morgan fingerprint density at radius 1 is 0.800 bits per heavy atom. The maximum absolute atomic E-state index is 9.09. The van der Waals surface area contributed by atoms with Crippen LogP contribution in [0.1, 0.15) is 29.5 Å². The van der Waals surface area contributed by atoms with E-state index in [9.17, 15) is 0 Å². The Kier molecular flexibility index (Phi) is 6.28. The normalized spacial score (nSPS) is 10.7. The first-order valence-corrected chi connectivity index (χ1v) is 7.32. The maximum atomic E-state index is 9.09. The van der Waals surface area contributed by atoms with Crippen LogP contribution in [0.25, 0.3) is 0 Å². The molecule has 0 saturated carbocycles. The van der Waals surface area contributed by atoms with Gasteiger partial charge in [-0.1, -0.05) is 54.6 Å². The molecule has 2 nitrogen and oxygen atoms in total. The minimum Gasteiger partial charge on any atom is -0.392 e. The number of aryl methyl sites for hydroxylation is 1. The molecular weight excluding hydrogens is 246 g/mol. The first kappa shape index (κ1) is 14.8. The Labute approximate surface area is 121 Å². The van der Waals surface area contributed by atoms with Crippen molar-refractivity contribution in [2.45, 2.75) is 32.4 Å². The smallest absolute Gasteiger partial charge is 0.0681 e. The van der Waals surface area contributed by atoms with Crippen LogP contribution in [0.3, 0.4) is 0 Å². The third-order valence-corrected chi connectivity index (χ3v) is 3.41. The number of nitrogens with one attached hydrogen (secondary N) is 1. The molecule has 0 aliphatic rings. The molecule has 0 aliphatic carbocycles. The number of rotatable bonds is 8. The second-order valence-corrected chi connectivity index (χ2v) is 5.10. The molecule has 2 heteroatoms. The van der Waals surface area contributed by atoms with Gasteiger partial charge in [0.2, 0.25) is 0 Å². The molecule has 0 radical (unpaired) electrons. The number of unbranched alkanes of at least 4 members (excludes halogenated alkanes) is 1. The predicted molar refractivity (Wildman–Crippen MR) is 83.5 cm³/mol. The van der Waals surface area contributed by atoms with E-state index < -0.39 is 0 Å². The number of benzene rings is 2. The molecule has 0 bridgehead atoms. The van der Waals surface area contributed by atoms with E-state index in [1.54, 1.807) is 0 Å². The van der Waals surface area contributed by atoms with Gasteiger partial charge in [-0.15, -0.1) is 0 Å². The third kappa shape index (κ3) is 5.16. The van der Waals surface area contributed by atoms with Crippen LogP contribution in [0.15, 0.2) is 54.6 Å². The molecule has 2 rings (SSSR count). The molecule has 106 valence electrons. The molecule has 0 unspecified atom stereocenters. The molecule has 0 aromatic heterocycles. The van der Waals surface area contributed by atoms with Crippen LogP contribution < -0.4 is 5.32 Å². The zero-order valence-corrected chi connectivity index (χ0v) is 11.9. The molecule has 0 heterocycles. The van der Waals surface area contributed by atoms with E-state index in [2.05, 4.69) is 47.8 Å². The van der Waals surface area contributed by atoms with Gasteiger partial charge in [-0.25, -0.2) is 0 Å². The minimum absolute atomic E-state index is 0.116. The SMILES string of the molecule is OCc1cccc(CNCCCCc2ccccc2)c1. The molecule has 2 N–H and O–H groups in total. The van der Waals surface area contributed by atoms with Crippen molar-refractivity contribution < 1.29 is 5.11 Å². The Bertz CT molecular complexity index is 496. The molecule has 0 aliphatic heterocycles. The predicted octanol–water partition coefficient (Wildman–Crippen LogP) is 3.29. The Morgan fingerprint density at radius 2 is 1.55 bits per heavy atom. The van der Waals surface area contributed by atoms with Gasteiger partial charge in [0.15, 0.2) is 0 Å². The van der Waals surface area contributed by atoms with Gasteiger partial charge in [-0.3, -0.25) is 0 Å². The Morgan fingerprint density at radius 3 is 2.35 bits per heavy atom. The first-order chi connectivity index (χ1) is 9.88. The summed E-state index contributed by atoms with van der Waals surface area (Å²) in [6, 6.07) is 18.7. The number of hydrogen-bond acceptors (Lipinski definition) is 2. The molecule has 0 fully saturated rings. The van der Waals surface area contributed by atoms with Crippen molar-refractivity contribution in [1.82, 2.24) is 5.32 Å². The Hall–Kier alpha value is -1.64. The van der Waals surface area contributed by atoms with Crippen molar-refractivity contribution in [2.75, 3.05) is 6.54 Å². The Balaban J connectivity index is 1.59. The quantitative estimate of drug-likeness (QED) is 0.721. The van der Waals surface area contributed by atoms with Crippen molar-refractivity contribution in [1.29, 1.82) is 0 Å². The van der Waals surface area contributed by atoms with Crippen LogP contribution in [-0.2, 0) is 19.6 Å². The van der Waals surface area contributed by atoms with Gasteiger partial charge >= 0.3 is 0 Å². The molecular formula is C18H23NO. The number of aliphatic hydroxyl groups excluding tert-OH is 1. The molecule has 0 saturated heterocycles. The second-order valence-electron chi connectivity index (χ2n) is 5.10. The topological polar surface area (TPSA) is 32.3 Å². The van der Waals surface area contributed by atoms with Gasteiger partial charge in [0.25, 0.3) is 0 Å². The lowest BCUT2D eigenvalue weighted by molar-refractivity contribution is 0.281. The fourth-order valence-corrected chi connectivity index (χ4v) is 2.29. The summed E-state index contributed by atoms with van der Waals surface area (Å²) in [6.45, 7) is 2.03. The summed E-state index contributed by atoms with van der Waals surface area (Å²) in [6.07, 6.45) is 3.56. The summed E-state index contributed by atoms with van der Waals surface area (Å²) >= 11 is 0. The summed E-state index contributed by atoms with van der Waals surface area (Å²) in [5.74, 6) is 0. The van der Waals surface area contributed by atoms with E-state index in [0.29, 0.717) is 0 Å². The van der Waals surface area contributed by atoms with Crippen LogP contribution in [0.4, 0.5) is 0 Å². The molecule has 2 aromatic carbocycles. The second kappa shape index (κ2) is 8.51. The van der Waals surface area contributed by atoms with E-state index in [1.807, 2.05) is 12.1 Å². The van der Waals surface area contributed by atoms with E-state index in [0.717, 1.165) is 25.1 Å². The van der Waals surface area contributed by atoms with Crippen LogP contribution in [-0.4, -0.2) is 11.7 Å². The molecule has 0 atom stereocenters. The van der Waals surface area contributed by atoms with Crippen molar-refractivity contribution in [2.24, 2.45) is 0 Å². The van der Waals surface area contributed by atoms with Gasteiger partial charge in [-0.2, -0.15) is 0 Å². The zero-order chi connectivity index (χ0) is 14.0. The van der Waals surface area contributed by atoms with Crippen LogP contribution in [0.5, 0.6) is 0 Å². The van der Waals surface area contributed by atoms with Crippen molar-refractivity contribution >= 4 is 0 Å². The fourth-order valence-electron chi connectivity index (χ4n) is 2.29. The lowest BCUT2D eigenvalue weighted by Crippen LogP contribution is -2.15. The van der Waals surface area contributed by atoms with E-state index >= 15 is 0 Å². The standard InChI is InChI=1S/C18H23NO/c20-15-18-11-6-10-17(13-18)14-19-12-5-4-9-16-7-2-1-3-8-16/h1-3,6-8,10-11,13,19-20H,4-5,9,12,14-15H2. The third-order valence-electron chi connectivity index (χ3n) is 3.41. The van der Waals surface area contributed by atoms with Crippen molar-refractivity contribution in [3.05, 3.63) is 71.3 Å². The van der Waals surface area contributed by atoms with Crippen LogP contribution >= 0.6 is 0 Å². The summed E-state index contributed by atoms with van der Waals surface area (Å²) in [7, 11) is 0. The summed E-state index contributed by atoms with van der Waals surface area (Å²) < 4.78 is 0. The number of hydrogen-bond donors (Lipinski definition) is 2. The lowest BCUT2D eigenvalue weighted by Gasteiger charge is -2.06. The van der Waals surface area contributed by atoms with Gasteiger partial charge in [0.05, 0.1) is 6.61 Å². The van der Waals surface area contributed by atoms with E-state index in [4.69, 9.17) is 5.11 Å². The van der Waals surface area contributed by atoms with Crippen molar-refractivity contribution in [3.63, 3.8) is 0 Å². The summed E-state index contributed by atoms with van der Waals surface area (Å²) in [5, 5.41) is 12.5. The van der Waals surface area contributed by atoms with Crippen LogP contribution in [0.2, 0.25) is 0 Å². The highest BCUT2D eigenvalue weighted by Crippen LogP contribution is 2.06. The lowest BCUT2D eigenvalue weighted by atomic mass is 10.1. The highest BCUT2D eigenvalue weighted by Gasteiger charge is 1.96. The monoisotopic (exact) mass is 269 g/mol. The zero-order valence-electron chi connectivity index (χ0n) is 11.9. The maximum Gasteiger partial charge on any atom is 0.0681 e. The molecule has 2 aromatic rings. The minimum atomic E-state index is 0.116. The molecule has 0 amide bonds. The molecule has 0 spiro atoms. The average Bonchev–Trinajstić information content (AvgIpc) is 2.52. The molecule has 20 heavy (non-hydrogen) atoms. The average molecular weight is 269 g/mol. The highest BCUT2D eigenvalue weighted by atomic mass is 16.3. The summed E-state index contributed by atoms with van der Waals surface area (Å²) in [5.41, 5.74) is 3.64. The highest BCUT2D eigenvalue weighted by molar-refractivity contribution is 5.22. The summed E-state index contributed by atoms with van der Waals surface area (Å²) in [4.78, 5) is 0. The van der Waals surface area contributed by atoms with Gasteiger partial charge < -0.3 is 10.4 Å². The van der Waals surface area contributed by atoms with Gasteiger partial charge in [0.1, 0.15) is 0 Å². The van der Waals surface area contributed by atoms with E-state index in [-0.39, 0.29) is 6.61 Å². The number of aliphatic hydroxyl groups is 1. The van der Waals surface area contributed by atoms with Crippen LogP contribution in [0, 0.1) is 0 Å². The fraction of sp³-hybridized carbons (Fsp3) is 0.333. The largest absolute Gasteiger partial charge is 0.392 e. The first-order valence-electron chi connectivity index (χ1n) is 7.32.